The van der Waals surface area contributed by atoms with E-state index in [9.17, 15) is 19.5 Å². The summed E-state index contributed by atoms with van der Waals surface area (Å²) < 4.78 is 5.39. The summed E-state index contributed by atoms with van der Waals surface area (Å²) in [5.41, 5.74) is 1.55. The summed E-state index contributed by atoms with van der Waals surface area (Å²) in [6, 6.07) is 16.2. The Morgan fingerprint density at radius 1 is 1.00 bits per heavy atom. The summed E-state index contributed by atoms with van der Waals surface area (Å²) in [5.74, 6) is 0.137. The molecule has 5 nitrogen and oxygen atoms in total. The Bertz CT molecular complexity index is 948. The van der Waals surface area contributed by atoms with Crippen LogP contribution in [0, 0.1) is 11.8 Å². The predicted octanol–water partition coefficient (Wildman–Crippen LogP) is 5.11. The molecule has 0 aromatic heterocycles. The molecule has 3 rings (SSSR count). The molecule has 0 heterocycles. The molecule has 0 radical (unpaired) electrons. The Morgan fingerprint density at radius 3 is 2.39 bits per heavy atom. The first-order valence-corrected chi connectivity index (χ1v) is 11.7. The van der Waals surface area contributed by atoms with Crippen molar-refractivity contribution in [2.24, 2.45) is 11.8 Å². The first-order valence-electron chi connectivity index (χ1n) is 11.7. The van der Waals surface area contributed by atoms with Crippen LogP contribution in [0.4, 0.5) is 0 Å². The third-order valence-corrected chi connectivity index (χ3v) is 6.27. The van der Waals surface area contributed by atoms with Gasteiger partial charge in [0.05, 0.1) is 6.10 Å². The number of Topliss-reactive ketones (excluding diaryl/α,β-unsaturated/α-hetero) is 2. The Labute approximate surface area is 195 Å². The highest BCUT2D eigenvalue weighted by Crippen LogP contribution is 2.33. The highest BCUT2D eigenvalue weighted by atomic mass is 16.5. The van der Waals surface area contributed by atoms with Crippen LogP contribution in [0.15, 0.2) is 67.3 Å². The molecule has 0 aliphatic heterocycles. The smallest absolute Gasteiger partial charge is 0.311 e. The van der Waals surface area contributed by atoms with Crippen LogP contribution in [0.5, 0.6) is 5.75 Å². The molecule has 0 saturated heterocycles. The van der Waals surface area contributed by atoms with Gasteiger partial charge in [-0.15, -0.1) is 6.58 Å². The predicted molar refractivity (Wildman–Crippen MR) is 127 cm³/mol. The monoisotopic (exact) mass is 448 g/mol. The Balaban J connectivity index is 1.32. The van der Waals surface area contributed by atoms with Gasteiger partial charge in [-0.2, -0.15) is 0 Å². The van der Waals surface area contributed by atoms with E-state index in [1.54, 1.807) is 42.5 Å². The SMILES string of the molecule is C=C[C@H]1[C@H](O)CC(=O)[C@@H]1CCCCCCC(=O)Oc1ccc(CC(=O)c2ccccc2)cc1. The number of rotatable bonds is 12. The number of ether oxygens (including phenoxy) is 1. The van der Waals surface area contributed by atoms with Crippen molar-refractivity contribution in [2.45, 2.75) is 57.5 Å². The maximum atomic E-state index is 12.3. The molecule has 0 amide bonds. The Hall–Kier alpha value is -3.05. The first-order chi connectivity index (χ1) is 16.0. The van der Waals surface area contributed by atoms with Gasteiger partial charge in [0.25, 0.3) is 0 Å². The quantitative estimate of drug-likeness (QED) is 0.160. The summed E-state index contributed by atoms with van der Waals surface area (Å²) in [4.78, 5) is 36.4. The van der Waals surface area contributed by atoms with Crippen molar-refractivity contribution in [2.75, 3.05) is 0 Å². The zero-order valence-corrected chi connectivity index (χ0v) is 18.9. The maximum absolute atomic E-state index is 12.3. The summed E-state index contributed by atoms with van der Waals surface area (Å²) in [7, 11) is 0. The fourth-order valence-electron chi connectivity index (χ4n) is 4.41. The number of aliphatic hydroxyl groups excluding tert-OH is 1. The first kappa shape index (κ1) is 24.6. The molecule has 0 spiro atoms. The molecular weight excluding hydrogens is 416 g/mol. The van der Waals surface area contributed by atoms with Crippen LogP contribution in [0.3, 0.4) is 0 Å². The fourth-order valence-corrected chi connectivity index (χ4v) is 4.41. The zero-order valence-electron chi connectivity index (χ0n) is 18.9. The molecule has 3 atom stereocenters. The van der Waals surface area contributed by atoms with E-state index in [1.807, 2.05) is 18.2 Å². The lowest BCUT2D eigenvalue weighted by Crippen LogP contribution is -2.18. The van der Waals surface area contributed by atoms with Crippen LogP contribution in [0.2, 0.25) is 0 Å². The number of carbonyl (C=O) groups is 3. The number of hydrogen-bond donors (Lipinski definition) is 1. The number of ketones is 2. The van der Waals surface area contributed by atoms with Crippen LogP contribution in [0.25, 0.3) is 0 Å². The van der Waals surface area contributed by atoms with Gasteiger partial charge >= 0.3 is 5.97 Å². The number of benzene rings is 2. The second kappa shape index (κ2) is 12.3. The van der Waals surface area contributed by atoms with E-state index in [4.69, 9.17) is 4.74 Å². The largest absolute Gasteiger partial charge is 0.427 e. The lowest BCUT2D eigenvalue weighted by Gasteiger charge is -2.16. The van der Waals surface area contributed by atoms with Crippen LogP contribution in [-0.4, -0.2) is 28.7 Å². The highest BCUT2D eigenvalue weighted by Gasteiger charge is 2.38. The number of esters is 1. The second-order valence-corrected chi connectivity index (χ2v) is 8.69. The summed E-state index contributed by atoms with van der Waals surface area (Å²) in [6.07, 6.45) is 6.19. The Morgan fingerprint density at radius 2 is 1.70 bits per heavy atom. The van der Waals surface area contributed by atoms with Gasteiger partial charge in [-0.1, -0.05) is 67.8 Å². The minimum atomic E-state index is -0.590. The second-order valence-electron chi connectivity index (χ2n) is 8.69. The average molecular weight is 449 g/mol. The topological polar surface area (TPSA) is 80.7 Å². The lowest BCUT2D eigenvalue weighted by molar-refractivity contribution is -0.134. The maximum Gasteiger partial charge on any atom is 0.311 e. The normalized spacial score (nSPS) is 19.9. The molecule has 1 N–H and O–H groups in total. The third kappa shape index (κ3) is 7.22. The van der Waals surface area contributed by atoms with Crippen molar-refractivity contribution in [1.29, 1.82) is 0 Å². The van der Waals surface area contributed by atoms with Gasteiger partial charge in [-0.25, -0.2) is 0 Å². The van der Waals surface area contributed by atoms with Crippen LogP contribution < -0.4 is 4.74 Å². The van der Waals surface area contributed by atoms with E-state index >= 15 is 0 Å². The van der Waals surface area contributed by atoms with E-state index in [1.165, 1.54) is 0 Å². The number of aliphatic hydroxyl groups is 1. The van der Waals surface area contributed by atoms with Crippen molar-refractivity contribution >= 4 is 17.5 Å². The standard InChI is InChI=1S/C28H32O5/c1-2-23-24(27(31)19-26(23)30)12-8-3-4-9-13-28(32)33-22-16-14-20(15-17-22)18-25(29)21-10-6-5-7-11-21/h2,5-7,10-11,14-17,23-24,26,30H,1,3-4,8-9,12-13,18-19H2/t23-,24-,26-/m1/s1. The van der Waals surface area contributed by atoms with E-state index in [0.29, 0.717) is 24.2 Å². The molecule has 2 aromatic rings. The van der Waals surface area contributed by atoms with Gasteiger partial charge in [0.15, 0.2) is 5.78 Å². The Kier molecular flexibility index (Phi) is 9.14. The molecule has 1 aliphatic carbocycles. The molecule has 174 valence electrons. The third-order valence-electron chi connectivity index (χ3n) is 6.27. The molecule has 0 bridgehead atoms. The number of unbranched alkanes of at least 4 members (excludes halogenated alkanes) is 3. The van der Waals surface area contributed by atoms with Gasteiger partial charge in [0, 0.05) is 36.7 Å². The summed E-state index contributed by atoms with van der Waals surface area (Å²) in [6.45, 7) is 3.74. The summed E-state index contributed by atoms with van der Waals surface area (Å²) in [5, 5.41) is 9.90. The molecule has 2 aromatic carbocycles. The van der Waals surface area contributed by atoms with Crippen LogP contribution >= 0.6 is 0 Å². The highest BCUT2D eigenvalue weighted by molar-refractivity contribution is 5.97. The molecular formula is C28H32O5. The van der Waals surface area contributed by atoms with Gasteiger partial charge in [0.1, 0.15) is 11.5 Å². The number of carbonyl (C=O) groups excluding carboxylic acids is 3. The molecule has 1 fully saturated rings. The van der Waals surface area contributed by atoms with E-state index in [-0.39, 0.29) is 35.8 Å². The van der Waals surface area contributed by atoms with E-state index < -0.39 is 6.10 Å². The molecule has 5 heteroatoms. The van der Waals surface area contributed by atoms with Crippen molar-refractivity contribution < 1.29 is 24.2 Å². The average Bonchev–Trinajstić information content (AvgIpc) is 3.09. The van der Waals surface area contributed by atoms with E-state index in [0.717, 1.165) is 37.7 Å². The van der Waals surface area contributed by atoms with Gasteiger partial charge in [0.2, 0.25) is 0 Å². The van der Waals surface area contributed by atoms with E-state index in [2.05, 4.69) is 6.58 Å². The van der Waals surface area contributed by atoms with Crippen molar-refractivity contribution in [3.05, 3.63) is 78.4 Å². The zero-order chi connectivity index (χ0) is 23.6. The number of hydrogen-bond acceptors (Lipinski definition) is 5. The molecule has 33 heavy (non-hydrogen) atoms. The minimum Gasteiger partial charge on any atom is -0.427 e. The van der Waals surface area contributed by atoms with Crippen molar-refractivity contribution in [3.63, 3.8) is 0 Å². The van der Waals surface area contributed by atoms with Crippen LogP contribution in [-0.2, 0) is 16.0 Å². The van der Waals surface area contributed by atoms with Gasteiger partial charge in [-0.3, -0.25) is 14.4 Å². The molecule has 0 unspecified atom stereocenters. The molecule has 1 aliphatic rings. The van der Waals surface area contributed by atoms with Gasteiger partial charge in [-0.05, 0) is 30.5 Å². The summed E-state index contributed by atoms with van der Waals surface area (Å²) >= 11 is 0. The fraction of sp³-hybridized carbons (Fsp3) is 0.393. The van der Waals surface area contributed by atoms with Crippen molar-refractivity contribution in [1.82, 2.24) is 0 Å². The van der Waals surface area contributed by atoms with Gasteiger partial charge < -0.3 is 9.84 Å². The lowest BCUT2D eigenvalue weighted by atomic mass is 9.89. The van der Waals surface area contributed by atoms with Crippen molar-refractivity contribution in [3.8, 4) is 5.75 Å². The minimum absolute atomic E-state index is 0.0498. The molecule has 1 saturated carbocycles. The van der Waals surface area contributed by atoms with Crippen LogP contribution in [0.1, 0.15) is 60.9 Å².